The third kappa shape index (κ3) is 2.67. The third-order valence-corrected chi connectivity index (χ3v) is 3.56. The molecule has 88 valence electrons. The Balaban J connectivity index is 2.01. The topological polar surface area (TPSA) is 32.5 Å². The Bertz CT molecular complexity index is 359. The van der Waals surface area contributed by atoms with Gasteiger partial charge in [0, 0.05) is 32.7 Å². The molecule has 0 saturated carbocycles. The van der Waals surface area contributed by atoms with Crippen LogP contribution < -0.4 is 5.73 Å². The van der Waals surface area contributed by atoms with Crippen LogP contribution >= 0.6 is 11.6 Å². The van der Waals surface area contributed by atoms with Gasteiger partial charge in [0.1, 0.15) is 0 Å². The molecule has 1 heterocycles. The predicted octanol–water partition coefficient (Wildman–Crippen LogP) is 1.67. The van der Waals surface area contributed by atoms with Crippen molar-refractivity contribution in [2.75, 3.05) is 39.0 Å². The lowest BCUT2D eigenvalue weighted by atomic mass is 10.1. The molecule has 1 saturated heterocycles. The van der Waals surface area contributed by atoms with Gasteiger partial charge in [-0.15, -0.1) is 0 Å². The predicted molar refractivity (Wildman–Crippen MR) is 68.6 cm³/mol. The number of anilines is 1. The Labute approximate surface area is 102 Å². The standard InChI is InChI=1S/C12H18ClN3/c1-15-5-7-16(8-6-15)9-10-3-2-4-11(14)12(10)13/h2-4H,5-9,14H2,1H3. The Morgan fingerprint density at radius 3 is 2.62 bits per heavy atom. The Kier molecular flexibility index (Phi) is 3.69. The molecule has 0 bridgehead atoms. The molecule has 3 nitrogen and oxygen atoms in total. The van der Waals surface area contributed by atoms with Crippen molar-refractivity contribution >= 4 is 17.3 Å². The maximum Gasteiger partial charge on any atom is 0.0680 e. The summed E-state index contributed by atoms with van der Waals surface area (Å²) in [6.45, 7) is 5.35. The van der Waals surface area contributed by atoms with Crippen LogP contribution in [0.25, 0.3) is 0 Å². The van der Waals surface area contributed by atoms with Crippen LogP contribution in [0.1, 0.15) is 5.56 Å². The summed E-state index contributed by atoms with van der Waals surface area (Å²) in [6.07, 6.45) is 0. The summed E-state index contributed by atoms with van der Waals surface area (Å²) < 4.78 is 0. The highest BCUT2D eigenvalue weighted by Gasteiger charge is 2.15. The molecule has 1 aliphatic rings. The van der Waals surface area contributed by atoms with Gasteiger partial charge >= 0.3 is 0 Å². The average molecular weight is 240 g/mol. The van der Waals surface area contributed by atoms with Crippen LogP contribution in [0, 0.1) is 0 Å². The van der Waals surface area contributed by atoms with Crippen LogP contribution in [0.5, 0.6) is 0 Å². The van der Waals surface area contributed by atoms with E-state index in [4.69, 9.17) is 17.3 Å². The van der Waals surface area contributed by atoms with Crippen molar-refractivity contribution in [2.45, 2.75) is 6.54 Å². The molecule has 2 rings (SSSR count). The van der Waals surface area contributed by atoms with Crippen LogP contribution in [0.2, 0.25) is 5.02 Å². The SMILES string of the molecule is CN1CCN(Cc2cccc(N)c2Cl)CC1. The fraction of sp³-hybridized carbons (Fsp3) is 0.500. The number of halogens is 1. The minimum atomic E-state index is 0.674. The number of nitrogen functional groups attached to an aromatic ring is 1. The number of rotatable bonds is 2. The van der Waals surface area contributed by atoms with Gasteiger partial charge < -0.3 is 10.6 Å². The maximum absolute atomic E-state index is 6.18. The molecule has 0 unspecified atom stereocenters. The fourth-order valence-corrected chi connectivity index (χ4v) is 2.15. The summed E-state index contributed by atoms with van der Waals surface area (Å²) in [7, 11) is 2.16. The number of nitrogens with two attached hydrogens (primary N) is 1. The maximum atomic E-state index is 6.18. The molecule has 0 atom stereocenters. The molecule has 1 aromatic carbocycles. The van der Waals surface area contributed by atoms with Crippen molar-refractivity contribution in [1.82, 2.24) is 9.80 Å². The van der Waals surface area contributed by atoms with Crippen LogP contribution in [-0.2, 0) is 6.54 Å². The summed E-state index contributed by atoms with van der Waals surface area (Å²) in [6, 6.07) is 5.86. The number of hydrogen-bond donors (Lipinski definition) is 1. The number of benzene rings is 1. The monoisotopic (exact) mass is 239 g/mol. The highest BCUT2D eigenvalue weighted by Crippen LogP contribution is 2.24. The van der Waals surface area contributed by atoms with Crippen LogP contribution in [0.15, 0.2) is 18.2 Å². The molecule has 2 N–H and O–H groups in total. The molecule has 1 fully saturated rings. The quantitative estimate of drug-likeness (QED) is 0.797. The van der Waals surface area contributed by atoms with Gasteiger partial charge in [0.25, 0.3) is 0 Å². The van der Waals surface area contributed by atoms with Crippen LogP contribution in [-0.4, -0.2) is 43.0 Å². The fourth-order valence-electron chi connectivity index (χ4n) is 1.97. The highest BCUT2D eigenvalue weighted by atomic mass is 35.5. The molecule has 1 aliphatic heterocycles. The van der Waals surface area contributed by atoms with Crippen molar-refractivity contribution in [3.63, 3.8) is 0 Å². The summed E-state index contributed by atoms with van der Waals surface area (Å²) >= 11 is 6.18. The van der Waals surface area contributed by atoms with Crippen LogP contribution in [0.4, 0.5) is 5.69 Å². The van der Waals surface area contributed by atoms with E-state index in [1.165, 1.54) is 0 Å². The van der Waals surface area contributed by atoms with E-state index < -0.39 is 0 Å². The van der Waals surface area contributed by atoms with E-state index in [-0.39, 0.29) is 0 Å². The molecule has 0 aromatic heterocycles. The lowest BCUT2D eigenvalue weighted by Gasteiger charge is -2.32. The van der Waals surface area contributed by atoms with Gasteiger partial charge in [-0.3, -0.25) is 4.90 Å². The van der Waals surface area contributed by atoms with E-state index in [1.807, 2.05) is 12.1 Å². The second-order valence-electron chi connectivity index (χ2n) is 4.40. The van der Waals surface area contributed by atoms with E-state index in [1.54, 1.807) is 0 Å². The number of nitrogens with zero attached hydrogens (tertiary/aromatic N) is 2. The number of hydrogen-bond acceptors (Lipinski definition) is 3. The number of likely N-dealkylation sites (N-methyl/N-ethyl adjacent to an activating group) is 1. The van der Waals surface area contributed by atoms with Crippen molar-refractivity contribution in [3.8, 4) is 0 Å². The van der Waals surface area contributed by atoms with E-state index in [2.05, 4.69) is 22.9 Å². The molecule has 0 spiro atoms. The van der Waals surface area contributed by atoms with Gasteiger partial charge in [0.2, 0.25) is 0 Å². The summed E-state index contributed by atoms with van der Waals surface area (Å²) in [5.41, 5.74) is 7.59. The highest BCUT2D eigenvalue weighted by molar-refractivity contribution is 6.33. The third-order valence-electron chi connectivity index (χ3n) is 3.10. The van der Waals surface area contributed by atoms with Gasteiger partial charge in [-0.05, 0) is 18.7 Å². The zero-order valence-electron chi connectivity index (χ0n) is 9.62. The number of piperazine rings is 1. The summed E-state index contributed by atoms with van der Waals surface area (Å²) in [4.78, 5) is 4.76. The molecular formula is C12H18ClN3. The van der Waals surface area contributed by atoms with Gasteiger partial charge in [-0.2, -0.15) is 0 Å². The average Bonchev–Trinajstić information content (AvgIpc) is 2.28. The van der Waals surface area contributed by atoms with Gasteiger partial charge in [-0.25, -0.2) is 0 Å². The molecule has 4 heteroatoms. The first kappa shape index (κ1) is 11.7. The largest absolute Gasteiger partial charge is 0.398 e. The van der Waals surface area contributed by atoms with E-state index in [0.717, 1.165) is 38.3 Å². The van der Waals surface area contributed by atoms with Crippen molar-refractivity contribution < 1.29 is 0 Å². The van der Waals surface area contributed by atoms with E-state index >= 15 is 0 Å². The zero-order chi connectivity index (χ0) is 11.5. The van der Waals surface area contributed by atoms with Crippen molar-refractivity contribution in [3.05, 3.63) is 28.8 Å². The minimum absolute atomic E-state index is 0.674. The molecule has 16 heavy (non-hydrogen) atoms. The first-order valence-corrected chi connectivity index (χ1v) is 5.98. The summed E-state index contributed by atoms with van der Waals surface area (Å²) in [5.74, 6) is 0. The zero-order valence-corrected chi connectivity index (χ0v) is 10.4. The van der Waals surface area contributed by atoms with Crippen molar-refractivity contribution in [2.24, 2.45) is 0 Å². The van der Waals surface area contributed by atoms with Gasteiger partial charge in [0.15, 0.2) is 0 Å². The van der Waals surface area contributed by atoms with Gasteiger partial charge in [-0.1, -0.05) is 23.7 Å². The van der Waals surface area contributed by atoms with Crippen molar-refractivity contribution in [1.29, 1.82) is 0 Å². The normalized spacial score (nSPS) is 18.9. The molecular weight excluding hydrogens is 222 g/mol. The minimum Gasteiger partial charge on any atom is -0.398 e. The molecule has 1 aromatic rings. The van der Waals surface area contributed by atoms with E-state index in [9.17, 15) is 0 Å². The van der Waals surface area contributed by atoms with Gasteiger partial charge in [0.05, 0.1) is 10.7 Å². The second-order valence-corrected chi connectivity index (χ2v) is 4.78. The lowest BCUT2D eigenvalue weighted by Crippen LogP contribution is -2.43. The first-order chi connectivity index (χ1) is 7.66. The molecule has 0 aliphatic carbocycles. The van der Waals surface area contributed by atoms with Crippen LogP contribution in [0.3, 0.4) is 0 Å². The smallest absolute Gasteiger partial charge is 0.0680 e. The lowest BCUT2D eigenvalue weighted by molar-refractivity contribution is 0.148. The van der Waals surface area contributed by atoms with E-state index in [0.29, 0.717) is 10.7 Å². The Morgan fingerprint density at radius 2 is 1.94 bits per heavy atom. The molecule has 0 amide bonds. The Hall–Kier alpha value is -0.770. The summed E-state index contributed by atoms with van der Waals surface area (Å²) in [5, 5.41) is 0.710. The Morgan fingerprint density at radius 1 is 1.25 bits per heavy atom. The second kappa shape index (κ2) is 5.04. The molecule has 0 radical (unpaired) electrons. The first-order valence-electron chi connectivity index (χ1n) is 5.60.